The number of benzene rings is 2. The van der Waals surface area contributed by atoms with Gasteiger partial charge in [-0.15, -0.1) is 5.10 Å². The van der Waals surface area contributed by atoms with E-state index in [1.807, 2.05) is 19.1 Å². The summed E-state index contributed by atoms with van der Waals surface area (Å²) < 4.78 is 13.7. The van der Waals surface area contributed by atoms with Crippen molar-refractivity contribution in [1.82, 2.24) is 0 Å². The molecule has 5 heteroatoms. The summed E-state index contributed by atoms with van der Waals surface area (Å²) >= 11 is 0. The Morgan fingerprint density at radius 2 is 1.88 bits per heavy atom. The summed E-state index contributed by atoms with van der Waals surface area (Å²) in [6, 6.07) is 11.1. The van der Waals surface area contributed by atoms with Crippen LogP contribution in [0, 0.1) is 19.7 Å². The minimum atomic E-state index is -0.214. The van der Waals surface area contributed by atoms with Crippen LogP contribution in [0.15, 0.2) is 46.6 Å². The molecule has 0 amide bonds. The maximum absolute atomic E-state index is 13.7. The summed E-state index contributed by atoms with van der Waals surface area (Å²) in [6.07, 6.45) is 1.53. The molecular weight excluding hydrogens is 303 g/mol. The maximum atomic E-state index is 13.7. The van der Waals surface area contributed by atoms with Crippen LogP contribution in [0.1, 0.15) is 40.2 Å². The standard InChI is InChI=1S/C19H21FN4/c1-11-6-7-15(20)10-16(11)14-8-13-5-3-4-12(2)18(13)17(9-14)23-24-19(21)22/h3-7,10,14H,8-9H2,1-2H3,(H4,21,22,24)/b23-17-. The Morgan fingerprint density at radius 3 is 2.62 bits per heavy atom. The van der Waals surface area contributed by atoms with Crippen LogP contribution in [0.25, 0.3) is 0 Å². The number of hydrogen-bond donors (Lipinski definition) is 2. The number of aryl methyl sites for hydroxylation is 2. The Labute approximate surface area is 141 Å². The average Bonchev–Trinajstić information content (AvgIpc) is 2.54. The van der Waals surface area contributed by atoms with Gasteiger partial charge in [-0.3, -0.25) is 0 Å². The average molecular weight is 324 g/mol. The summed E-state index contributed by atoms with van der Waals surface area (Å²) in [7, 11) is 0. The molecule has 3 rings (SSSR count). The monoisotopic (exact) mass is 324 g/mol. The largest absolute Gasteiger partial charge is 0.369 e. The molecule has 2 aromatic carbocycles. The van der Waals surface area contributed by atoms with Crippen molar-refractivity contribution in [3.05, 3.63) is 70.0 Å². The number of rotatable bonds is 2. The highest BCUT2D eigenvalue weighted by atomic mass is 19.1. The van der Waals surface area contributed by atoms with Crippen LogP contribution in [-0.4, -0.2) is 11.7 Å². The Morgan fingerprint density at radius 1 is 1.08 bits per heavy atom. The normalized spacial score (nSPS) is 18.3. The number of nitrogens with zero attached hydrogens (tertiary/aromatic N) is 2. The predicted octanol–water partition coefficient (Wildman–Crippen LogP) is 3.15. The van der Waals surface area contributed by atoms with Crippen molar-refractivity contribution in [3.63, 3.8) is 0 Å². The minimum absolute atomic E-state index is 0.0679. The number of guanidine groups is 1. The second kappa shape index (κ2) is 6.43. The molecule has 124 valence electrons. The van der Waals surface area contributed by atoms with Gasteiger partial charge in [0.2, 0.25) is 5.96 Å². The van der Waals surface area contributed by atoms with Crippen LogP contribution in [0.4, 0.5) is 4.39 Å². The van der Waals surface area contributed by atoms with E-state index in [0.717, 1.165) is 34.4 Å². The molecule has 0 bridgehead atoms. The second-order valence-corrected chi connectivity index (χ2v) is 6.29. The zero-order chi connectivity index (χ0) is 17.3. The summed E-state index contributed by atoms with van der Waals surface area (Å²) in [4.78, 5) is 0. The molecule has 24 heavy (non-hydrogen) atoms. The third kappa shape index (κ3) is 3.15. The quantitative estimate of drug-likeness (QED) is 0.506. The molecule has 0 fully saturated rings. The highest BCUT2D eigenvalue weighted by Crippen LogP contribution is 2.36. The van der Waals surface area contributed by atoms with E-state index in [-0.39, 0.29) is 17.7 Å². The predicted molar refractivity (Wildman–Crippen MR) is 95.7 cm³/mol. The zero-order valence-electron chi connectivity index (χ0n) is 13.9. The molecule has 0 heterocycles. The molecule has 0 aliphatic heterocycles. The van der Waals surface area contributed by atoms with Crippen LogP contribution >= 0.6 is 0 Å². The lowest BCUT2D eigenvalue weighted by molar-refractivity contribution is 0.614. The van der Waals surface area contributed by atoms with Crippen LogP contribution in [0.3, 0.4) is 0 Å². The first-order valence-electron chi connectivity index (χ1n) is 7.96. The van der Waals surface area contributed by atoms with Crippen LogP contribution in [-0.2, 0) is 6.42 Å². The molecule has 0 spiro atoms. The molecule has 1 atom stereocenters. The first-order chi connectivity index (χ1) is 11.5. The van der Waals surface area contributed by atoms with E-state index in [2.05, 4.69) is 29.3 Å². The molecule has 0 radical (unpaired) electrons. The number of nitrogens with two attached hydrogens (primary N) is 2. The van der Waals surface area contributed by atoms with Crippen LogP contribution in [0.2, 0.25) is 0 Å². The van der Waals surface area contributed by atoms with E-state index in [1.165, 1.54) is 11.6 Å². The smallest absolute Gasteiger partial charge is 0.211 e. The Bertz CT molecular complexity index is 835. The van der Waals surface area contributed by atoms with E-state index in [9.17, 15) is 4.39 Å². The third-order valence-corrected chi connectivity index (χ3v) is 4.52. The molecular formula is C19H21FN4. The summed E-state index contributed by atoms with van der Waals surface area (Å²) in [5, 5.41) is 8.12. The third-order valence-electron chi connectivity index (χ3n) is 4.52. The summed E-state index contributed by atoms with van der Waals surface area (Å²) in [6.45, 7) is 4.06. The molecule has 2 aromatic rings. The van der Waals surface area contributed by atoms with Gasteiger partial charge < -0.3 is 11.5 Å². The molecule has 1 aliphatic rings. The fraction of sp³-hybridized carbons (Fsp3) is 0.263. The van der Waals surface area contributed by atoms with Crippen LogP contribution in [0.5, 0.6) is 0 Å². The van der Waals surface area contributed by atoms with E-state index >= 15 is 0 Å². The molecule has 4 N–H and O–H groups in total. The van der Waals surface area contributed by atoms with Crippen molar-refractivity contribution in [2.75, 3.05) is 0 Å². The molecule has 0 saturated carbocycles. The van der Waals surface area contributed by atoms with Crippen molar-refractivity contribution in [2.45, 2.75) is 32.6 Å². The number of hydrogen-bond acceptors (Lipinski definition) is 2. The van der Waals surface area contributed by atoms with Gasteiger partial charge in [0, 0.05) is 5.56 Å². The summed E-state index contributed by atoms with van der Waals surface area (Å²) in [5.41, 5.74) is 17.2. The van der Waals surface area contributed by atoms with E-state index in [1.54, 1.807) is 6.07 Å². The van der Waals surface area contributed by atoms with Gasteiger partial charge >= 0.3 is 0 Å². The van der Waals surface area contributed by atoms with Gasteiger partial charge in [-0.2, -0.15) is 5.10 Å². The number of halogens is 1. The molecule has 0 aromatic heterocycles. The van der Waals surface area contributed by atoms with Gasteiger partial charge in [0.25, 0.3) is 0 Å². The summed E-state index contributed by atoms with van der Waals surface area (Å²) in [5.74, 6) is -0.127. The van der Waals surface area contributed by atoms with Crippen molar-refractivity contribution in [3.8, 4) is 0 Å². The van der Waals surface area contributed by atoms with Crippen molar-refractivity contribution < 1.29 is 4.39 Å². The van der Waals surface area contributed by atoms with E-state index < -0.39 is 0 Å². The zero-order valence-corrected chi connectivity index (χ0v) is 13.9. The van der Waals surface area contributed by atoms with Crippen LogP contribution < -0.4 is 11.5 Å². The maximum Gasteiger partial charge on any atom is 0.211 e. The van der Waals surface area contributed by atoms with Crippen molar-refractivity contribution in [2.24, 2.45) is 21.7 Å². The lowest BCUT2D eigenvalue weighted by Gasteiger charge is -2.28. The first-order valence-corrected chi connectivity index (χ1v) is 7.96. The topological polar surface area (TPSA) is 76.8 Å². The minimum Gasteiger partial charge on any atom is -0.369 e. The Balaban J connectivity index is 2.10. The van der Waals surface area contributed by atoms with Gasteiger partial charge in [-0.05, 0) is 67.0 Å². The number of fused-ring (bicyclic) bond motifs is 1. The van der Waals surface area contributed by atoms with Crippen molar-refractivity contribution >= 4 is 11.7 Å². The lowest BCUT2D eigenvalue weighted by Crippen LogP contribution is -2.24. The van der Waals surface area contributed by atoms with Crippen molar-refractivity contribution in [1.29, 1.82) is 0 Å². The Hall–Kier alpha value is -2.69. The highest BCUT2D eigenvalue weighted by Gasteiger charge is 2.27. The Kier molecular flexibility index (Phi) is 4.34. The first kappa shape index (κ1) is 16.2. The SMILES string of the molecule is Cc1ccc(F)cc1C1C/C(=N/N=C(N)N)c2c(C)cccc2C1. The van der Waals surface area contributed by atoms with Gasteiger partial charge in [-0.1, -0.05) is 24.3 Å². The second-order valence-electron chi connectivity index (χ2n) is 6.29. The lowest BCUT2D eigenvalue weighted by atomic mass is 9.76. The van der Waals surface area contributed by atoms with Gasteiger partial charge in [0.1, 0.15) is 5.82 Å². The molecule has 1 aliphatic carbocycles. The molecule has 4 nitrogen and oxygen atoms in total. The van der Waals surface area contributed by atoms with E-state index in [0.29, 0.717) is 6.42 Å². The van der Waals surface area contributed by atoms with Gasteiger partial charge in [0.15, 0.2) is 0 Å². The fourth-order valence-corrected chi connectivity index (χ4v) is 3.46. The van der Waals surface area contributed by atoms with Gasteiger partial charge in [0.05, 0.1) is 5.71 Å². The van der Waals surface area contributed by atoms with Gasteiger partial charge in [-0.25, -0.2) is 4.39 Å². The molecule has 1 unspecified atom stereocenters. The van der Waals surface area contributed by atoms with E-state index in [4.69, 9.17) is 11.5 Å². The fourth-order valence-electron chi connectivity index (χ4n) is 3.46. The highest BCUT2D eigenvalue weighted by molar-refractivity contribution is 6.04. The molecule has 0 saturated heterocycles.